The van der Waals surface area contributed by atoms with E-state index in [0.717, 1.165) is 34.9 Å². The second-order valence-electron chi connectivity index (χ2n) is 6.26. The Morgan fingerprint density at radius 2 is 2.26 bits per heavy atom. The Morgan fingerprint density at radius 3 is 3.04 bits per heavy atom. The first-order chi connectivity index (χ1) is 13.0. The van der Waals surface area contributed by atoms with E-state index in [4.69, 9.17) is 4.74 Å². The minimum absolute atomic E-state index is 0.103. The Labute approximate surface area is 162 Å². The number of nitrogens with one attached hydrogen (secondary N) is 1. The molecule has 0 saturated carbocycles. The number of aromatic nitrogens is 2. The highest BCUT2D eigenvalue weighted by atomic mass is 32.1. The van der Waals surface area contributed by atoms with Crippen molar-refractivity contribution in [2.45, 2.75) is 32.9 Å². The van der Waals surface area contributed by atoms with Crippen LogP contribution in [0.15, 0.2) is 22.3 Å². The van der Waals surface area contributed by atoms with Crippen LogP contribution in [-0.2, 0) is 29.0 Å². The van der Waals surface area contributed by atoms with Crippen molar-refractivity contribution >= 4 is 44.8 Å². The summed E-state index contributed by atoms with van der Waals surface area (Å²) in [5, 5.41) is 5.11. The standard InChI is InChI=1S/C18H17N3O4S2/c1-10-14-16(20-12-5-2-6-21(12)17(14)23)27-15(10)18(24)25-9-13(22)19-8-11-4-3-7-26-11/h3-4,7H,2,5-6,8-9H2,1H3,(H,19,22). The van der Waals surface area contributed by atoms with Gasteiger partial charge >= 0.3 is 5.97 Å². The van der Waals surface area contributed by atoms with Crippen molar-refractivity contribution in [3.05, 3.63) is 49.0 Å². The summed E-state index contributed by atoms with van der Waals surface area (Å²) in [6, 6.07) is 3.82. The fourth-order valence-corrected chi connectivity index (χ4v) is 4.85. The number of hydrogen-bond acceptors (Lipinski definition) is 7. The van der Waals surface area contributed by atoms with Gasteiger partial charge in [-0.25, -0.2) is 9.78 Å². The van der Waals surface area contributed by atoms with Gasteiger partial charge in [0.2, 0.25) is 0 Å². The largest absolute Gasteiger partial charge is 0.451 e. The van der Waals surface area contributed by atoms with Crippen LogP contribution < -0.4 is 10.9 Å². The Hall–Kier alpha value is -2.52. The van der Waals surface area contributed by atoms with Crippen LogP contribution in [0.4, 0.5) is 0 Å². The first-order valence-electron chi connectivity index (χ1n) is 8.53. The van der Waals surface area contributed by atoms with Gasteiger partial charge in [-0.3, -0.25) is 14.2 Å². The molecule has 0 bridgehead atoms. The van der Waals surface area contributed by atoms with E-state index in [-0.39, 0.29) is 18.1 Å². The third kappa shape index (κ3) is 3.40. The highest BCUT2D eigenvalue weighted by Crippen LogP contribution is 2.29. The molecule has 0 unspecified atom stereocenters. The van der Waals surface area contributed by atoms with Crippen molar-refractivity contribution < 1.29 is 14.3 Å². The zero-order valence-electron chi connectivity index (χ0n) is 14.6. The number of rotatable bonds is 5. The van der Waals surface area contributed by atoms with Gasteiger partial charge in [0.1, 0.15) is 15.5 Å². The highest BCUT2D eigenvalue weighted by molar-refractivity contribution is 7.20. The van der Waals surface area contributed by atoms with Crippen LogP contribution in [0.5, 0.6) is 0 Å². The summed E-state index contributed by atoms with van der Waals surface area (Å²) >= 11 is 2.69. The number of esters is 1. The van der Waals surface area contributed by atoms with Crippen LogP contribution in [0.1, 0.15) is 32.4 Å². The van der Waals surface area contributed by atoms with Crippen LogP contribution in [0.2, 0.25) is 0 Å². The number of thiophene rings is 2. The zero-order chi connectivity index (χ0) is 19.0. The Bertz CT molecular complexity index is 1080. The lowest BCUT2D eigenvalue weighted by atomic mass is 10.2. The molecule has 1 amide bonds. The maximum Gasteiger partial charge on any atom is 0.349 e. The van der Waals surface area contributed by atoms with Crippen molar-refractivity contribution in [3.63, 3.8) is 0 Å². The molecule has 0 fully saturated rings. The molecule has 0 radical (unpaired) electrons. The summed E-state index contributed by atoms with van der Waals surface area (Å²) in [6.07, 6.45) is 1.68. The summed E-state index contributed by atoms with van der Waals surface area (Å²) in [5.74, 6) is -0.208. The molecule has 4 rings (SSSR count). The molecule has 27 heavy (non-hydrogen) atoms. The lowest BCUT2D eigenvalue weighted by Crippen LogP contribution is -2.28. The first-order valence-corrected chi connectivity index (χ1v) is 10.2. The number of hydrogen-bond donors (Lipinski definition) is 1. The van der Waals surface area contributed by atoms with Crippen molar-refractivity contribution in [2.75, 3.05) is 6.61 Å². The molecule has 0 aliphatic carbocycles. The smallest absolute Gasteiger partial charge is 0.349 e. The minimum Gasteiger partial charge on any atom is -0.451 e. The predicted molar refractivity (Wildman–Crippen MR) is 103 cm³/mol. The van der Waals surface area contributed by atoms with Gasteiger partial charge in [0.05, 0.1) is 11.9 Å². The molecular formula is C18H17N3O4S2. The normalized spacial score (nSPS) is 12.9. The van der Waals surface area contributed by atoms with E-state index in [1.54, 1.807) is 22.8 Å². The molecule has 7 nitrogen and oxygen atoms in total. The number of carbonyl (C=O) groups is 2. The Morgan fingerprint density at radius 1 is 1.41 bits per heavy atom. The van der Waals surface area contributed by atoms with Gasteiger partial charge in [-0.15, -0.1) is 22.7 Å². The summed E-state index contributed by atoms with van der Waals surface area (Å²) in [4.78, 5) is 43.4. The van der Waals surface area contributed by atoms with Crippen LogP contribution in [0.25, 0.3) is 10.2 Å². The molecule has 0 spiro atoms. The minimum atomic E-state index is -0.605. The van der Waals surface area contributed by atoms with Crippen molar-refractivity contribution in [2.24, 2.45) is 0 Å². The fraction of sp³-hybridized carbons (Fsp3) is 0.333. The Balaban J connectivity index is 1.46. The third-order valence-electron chi connectivity index (χ3n) is 4.47. The highest BCUT2D eigenvalue weighted by Gasteiger charge is 2.24. The number of nitrogens with zero attached hydrogens (tertiary/aromatic N) is 2. The second-order valence-corrected chi connectivity index (χ2v) is 8.29. The maximum atomic E-state index is 12.7. The molecule has 4 heterocycles. The average molecular weight is 403 g/mol. The van der Waals surface area contributed by atoms with E-state index < -0.39 is 5.97 Å². The lowest BCUT2D eigenvalue weighted by molar-refractivity contribution is -0.124. The molecule has 9 heteroatoms. The van der Waals surface area contributed by atoms with Gasteiger partial charge in [0.15, 0.2) is 6.61 Å². The number of fused-ring (bicyclic) bond motifs is 2. The van der Waals surface area contributed by atoms with Crippen LogP contribution in [0.3, 0.4) is 0 Å². The van der Waals surface area contributed by atoms with E-state index in [0.29, 0.717) is 33.7 Å². The monoisotopic (exact) mass is 403 g/mol. The second kappa shape index (κ2) is 7.24. The van der Waals surface area contributed by atoms with Crippen molar-refractivity contribution in [1.82, 2.24) is 14.9 Å². The number of aryl methyl sites for hydroxylation is 2. The SMILES string of the molecule is Cc1c(C(=O)OCC(=O)NCc2cccs2)sc2nc3n(c(=O)c12)CCC3. The van der Waals surface area contributed by atoms with Gasteiger partial charge in [0, 0.05) is 17.8 Å². The zero-order valence-corrected chi connectivity index (χ0v) is 16.2. The lowest BCUT2D eigenvalue weighted by Gasteiger charge is -2.05. The number of amides is 1. The van der Waals surface area contributed by atoms with Crippen LogP contribution in [-0.4, -0.2) is 28.0 Å². The molecule has 1 aliphatic rings. The van der Waals surface area contributed by atoms with Gasteiger partial charge in [0.25, 0.3) is 11.5 Å². The maximum absolute atomic E-state index is 12.7. The van der Waals surface area contributed by atoms with E-state index in [1.807, 2.05) is 17.5 Å². The van der Waals surface area contributed by atoms with E-state index in [2.05, 4.69) is 10.3 Å². The number of carbonyl (C=O) groups excluding carboxylic acids is 2. The molecule has 1 N–H and O–H groups in total. The topological polar surface area (TPSA) is 90.3 Å². The molecule has 0 atom stereocenters. The fourth-order valence-electron chi connectivity index (χ4n) is 3.12. The van der Waals surface area contributed by atoms with Gasteiger partial charge in [-0.1, -0.05) is 6.07 Å². The van der Waals surface area contributed by atoms with E-state index in [1.165, 1.54) is 0 Å². The molecule has 0 saturated heterocycles. The molecule has 0 aromatic carbocycles. The molecule has 1 aliphatic heterocycles. The summed E-state index contributed by atoms with van der Waals surface area (Å²) in [5.41, 5.74) is 0.465. The summed E-state index contributed by atoms with van der Waals surface area (Å²) in [7, 11) is 0. The third-order valence-corrected chi connectivity index (χ3v) is 6.51. The number of ether oxygens (including phenoxy) is 1. The molecule has 3 aromatic heterocycles. The average Bonchev–Trinajstić information content (AvgIpc) is 3.38. The summed E-state index contributed by atoms with van der Waals surface area (Å²) < 4.78 is 6.81. The molecule has 140 valence electrons. The van der Waals surface area contributed by atoms with Gasteiger partial charge in [-0.2, -0.15) is 0 Å². The van der Waals surface area contributed by atoms with Crippen molar-refractivity contribution in [3.8, 4) is 0 Å². The van der Waals surface area contributed by atoms with Crippen molar-refractivity contribution in [1.29, 1.82) is 0 Å². The van der Waals surface area contributed by atoms with Crippen LogP contribution in [0, 0.1) is 6.92 Å². The Kier molecular flexibility index (Phi) is 4.79. The molecular weight excluding hydrogens is 386 g/mol. The van der Waals surface area contributed by atoms with Crippen LogP contribution >= 0.6 is 22.7 Å². The first kappa shape index (κ1) is 17.9. The molecule has 3 aromatic rings. The van der Waals surface area contributed by atoms with Gasteiger partial charge < -0.3 is 10.1 Å². The van der Waals surface area contributed by atoms with E-state index >= 15 is 0 Å². The summed E-state index contributed by atoms with van der Waals surface area (Å²) in [6.45, 7) is 2.43. The predicted octanol–water partition coefficient (Wildman–Crippen LogP) is 2.25. The van der Waals surface area contributed by atoms with Gasteiger partial charge in [-0.05, 0) is 30.4 Å². The van der Waals surface area contributed by atoms with E-state index in [9.17, 15) is 14.4 Å². The quantitative estimate of drug-likeness (QED) is 0.660.